The second-order valence-electron chi connectivity index (χ2n) is 9.41. The number of aliphatic imine (C=N–C) groups is 1. The van der Waals surface area contributed by atoms with Gasteiger partial charge in [-0.2, -0.15) is 9.78 Å². The monoisotopic (exact) mass is 408 g/mol. The number of hydrogen-bond acceptors (Lipinski definition) is 5. The fourth-order valence-electron chi connectivity index (χ4n) is 3.66. The van der Waals surface area contributed by atoms with Gasteiger partial charge in [-0.1, -0.05) is 48.0 Å². The zero-order valence-corrected chi connectivity index (χ0v) is 19.8. The maximum Gasteiger partial charge on any atom is 0.205 e. The maximum absolute atomic E-state index is 5.05. The van der Waals surface area contributed by atoms with Crippen LogP contribution in [0.15, 0.2) is 28.3 Å². The Morgan fingerprint density at radius 3 is 2.43 bits per heavy atom. The third kappa shape index (κ3) is 4.32. The Bertz CT molecular complexity index is 959. The molecule has 2 heterocycles. The van der Waals surface area contributed by atoms with Gasteiger partial charge in [-0.3, -0.25) is 0 Å². The molecule has 1 aliphatic rings. The lowest BCUT2D eigenvalue weighted by Gasteiger charge is -2.23. The smallest absolute Gasteiger partial charge is 0.205 e. The lowest BCUT2D eigenvalue weighted by molar-refractivity contribution is 0.590. The molecule has 1 aliphatic heterocycles. The highest BCUT2D eigenvalue weighted by Crippen LogP contribution is 2.31. The Morgan fingerprint density at radius 2 is 1.87 bits per heavy atom. The van der Waals surface area contributed by atoms with Gasteiger partial charge in [-0.15, -0.1) is 10.2 Å². The highest BCUT2D eigenvalue weighted by molar-refractivity contribution is 6.50. The van der Waals surface area contributed by atoms with Crippen LogP contribution in [0.5, 0.6) is 0 Å². The number of nitrogens with zero attached hydrogens (tertiary/aromatic N) is 6. The molecule has 0 fully saturated rings. The first-order valence-corrected chi connectivity index (χ1v) is 11.2. The quantitative estimate of drug-likeness (QED) is 0.588. The van der Waals surface area contributed by atoms with Crippen LogP contribution in [-0.2, 0) is 0 Å². The maximum atomic E-state index is 5.05. The van der Waals surface area contributed by atoms with Gasteiger partial charge in [0.25, 0.3) is 0 Å². The number of unbranched alkanes of at least 4 members (excludes halogenated alkanes) is 1. The van der Waals surface area contributed by atoms with E-state index in [1.54, 1.807) is 0 Å². The topological polar surface area (TPSA) is 58.7 Å². The number of aryl methyl sites for hydroxylation is 1. The van der Waals surface area contributed by atoms with Crippen molar-refractivity contribution >= 4 is 22.8 Å². The summed E-state index contributed by atoms with van der Waals surface area (Å²) in [5, 5.41) is 13.7. The van der Waals surface area contributed by atoms with Gasteiger partial charge in [0.15, 0.2) is 5.82 Å². The van der Waals surface area contributed by atoms with Crippen molar-refractivity contribution in [2.24, 2.45) is 15.5 Å². The van der Waals surface area contributed by atoms with Crippen molar-refractivity contribution in [1.29, 1.82) is 0 Å². The van der Waals surface area contributed by atoms with E-state index < -0.39 is 0 Å². The molecule has 30 heavy (non-hydrogen) atoms. The average molecular weight is 409 g/mol. The van der Waals surface area contributed by atoms with Crippen molar-refractivity contribution in [3.8, 4) is 0 Å². The molecule has 1 aromatic heterocycles. The standard InChI is InChI=1S/C24H36N6/c1-9-11-14-29(10-2)18-12-13-19(17(5)15-18)25-20-21(24(6,7)8)28-30-22(16(3)4)26-27-23(20)30/h12-13,15-16H,9-11,14H2,1-8H3. The minimum atomic E-state index is -0.138. The number of fused-ring (bicyclic) bond motifs is 1. The molecule has 2 aromatic rings. The normalized spacial score (nSPS) is 15.1. The summed E-state index contributed by atoms with van der Waals surface area (Å²) in [6, 6.07) is 6.54. The minimum Gasteiger partial charge on any atom is -0.372 e. The highest BCUT2D eigenvalue weighted by atomic mass is 15.5. The lowest BCUT2D eigenvalue weighted by atomic mass is 9.87. The second kappa shape index (κ2) is 8.70. The first kappa shape index (κ1) is 22.2. The molecule has 0 bridgehead atoms. The highest BCUT2D eigenvalue weighted by Gasteiger charge is 2.35. The summed E-state index contributed by atoms with van der Waals surface area (Å²) < 4.78 is 1.87. The number of rotatable bonds is 7. The van der Waals surface area contributed by atoms with E-state index in [1.807, 2.05) is 4.68 Å². The average Bonchev–Trinajstić information content (AvgIpc) is 3.24. The summed E-state index contributed by atoms with van der Waals surface area (Å²) in [4.78, 5) is 7.48. The summed E-state index contributed by atoms with van der Waals surface area (Å²) >= 11 is 0. The molecule has 0 N–H and O–H groups in total. The van der Waals surface area contributed by atoms with Crippen molar-refractivity contribution in [2.75, 3.05) is 18.0 Å². The number of anilines is 1. The Labute approximate surface area is 181 Å². The molecule has 0 radical (unpaired) electrons. The van der Waals surface area contributed by atoms with Gasteiger partial charge in [-0.05, 0) is 44.0 Å². The molecule has 6 heteroatoms. The van der Waals surface area contributed by atoms with Crippen LogP contribution in [0, 0.1) is 12.3 Å². The van der Waals surface area contributed by atoms with Crippen LogP contribution in [0.4, 0.5) is 11.4 Å². The molecule has 0 saturated carbocycles. The largest absolute Gasteiger partial charge is 0.372 e. The zero-order valence-electron chi connectivity index (χ0n) is 19.8. The zero-order chi connectivity index (χ0) is 22.1. The summed E-state index contributed by atoms with van der Waals surface area (Å²) in [5.41, 5.74) is 5.02. The number of benzene rings is 1. The molecule has 0 unspecified atom stereocenters. The molecule has 1 aromatic carbocycles. The van der Waals surface area contributed by atoms with Gasteiger partial charge in [0.1, 0.15) is 5.71 Å². The summed E-state index contributed by atoms with van der Waals surface area (Å²) in [6.07, 6.45) is 2.41. The third-order valence-corrected chi connectivity index (χ3v) is 5.47. The van der Waals surface area contributed by atoms with Gasteiger partial charge in [0, 0.05) is 30.1 Å². The van der Waals surface area contributed by atoms with Gasteiger partial charge < -0.3 is 4.90 Å². The number of hydrogen-bond donors (Lipinski definition) is 0. The SMILES string of the molecule is CCCCN(CC)c1ccc(N=C2C(C(C)(C)C)=Nn3c2nnc3C(C)C)c(C)c1. The fourth-order valence-corrected chi connectivity index (χ4v) is 3.66. The molecule has 3 rings (SSSR count). The summed E-state index contributed by atoms with van der Waals surface area (Å²) in [7, 11) is 0. The lowest BCUT2D eigenvalue weighted by Crippen LogP contribution is -2.27. The van der Waals surface area contributed by atoms with E-state index in [4.69, 9.17) is 10.1 Å². The van der Waals surface area contributed by atoms with Gasteiger partial charge in [-0.25, -0.2) is 4.99 Å². The van der Waals surface area contributed by atoms with E-state index in [0.717, 1.165) is 47.4 Å². The van der Waals surface area contributed by atoms with Crippen LogP contribution in [0.1, 0.15) is 84.4 Å². The predicted octanol–water partition coefficient (Wildman–Crippen LogP) is 5.72. The Kier molecular flexibility index (Phi) is 6.44. The van der Waals surface area contributed by atoms with Crippen LogP contribution >= 0.6 is 0 Å². The van der Waals surface area contributed by atoms with Crippen LogP contribution in [0.3, 0.4) is 0 Å². The molecule has 0 spiro atoms. The molecular formula is C24H36N6. The molecule has 0 amide bonds. The van der Waals surface area contributed by atoms with Gasteiger partial charge in [0.05, 0.1) is 11.4 Å². The molecule has 0 saturated heterocycles. The summed E-state index contributed by atoms with van der Waals surface area (Å²) in [6.45, 7) is 19.4. The van der Waals surface area contributed by atoms with Crippen LogP contribution < -0.4 is 4.90 Å². The molecule has 0 atom stereocenters. The fraction of sp³-hybridized carbons (Fsp3) is 0.583. The van der Waals surface area contributed by atoms with E-state index in [9.17, 15) is 0 Å². The minimum absolute atomic E-state index is 0.138. The predicted molar refractivity (Wildman–Crippen MR) is 127 cm³/mol. The van der Waals surface area contributed by atoms with Crippen molar-refractivity contribution in [3.05, 3.63) is 35.4 Å². The van der Waals surface area contributed by atoms with Crippen molar-refractivity contribution in [2.45, 2.75) is 74.1 Å². The molecule has 0 aliphatic carbocycles. The van der Waals surface area contributed by atoms with Crippen molar-refractivity contribution in [1.82, 2.24) is 14.9 Å². The van der Waals surface area contributed by atoms with Gasteiger partial charge >= 0.3 is 0 Å². The molecular weight excluding hydrogens is 372 g/mol. The van der Waals surface area contributed by atoms with Crippen molar-refractivity contribution < 1.29 is 0 Å². The number of aromatic nitrogens is 3. The Hall–Kier alpha value is -2.50. The molecule has 6 nitrogen and oxygen atoms in total. The summed E-state index contributed by atoms with van der Waals surface area (Å²) in [5.74, 6) is 1.86. The first-order chi connectivity index (χ1) is 14.2. The first-order valence-electron chi connectivity index (χ1n) is 11.2. The van der Waals surface area contributed by atoms with E-state index in [1.165, 1.54) is 18.5 Å². The van der Waals surface area contributed by atoms with Crippen LogP contribution in [0.25, 0.3) is 0 Å². The molecule has 162 valence electrons. The van der Waals surface area contributed by atoms with E-state index in [0.29, 0.717) is 0 Å². The van der Waals surface area contributed by atoms with Crippen molar-refractivity contribution in [3.63, 3.8) is 0 Å². The Morgan fingerprint density at radius 1 is 1.13 bits per heavy atom. The van der Waals surface area contributed by atoms with Gasteiger partial charge in [0.2, 0.25) is 5.82 Å². The Balaban J connectivity index is 2.02. The van der Waals surface area contributed by atoms with E-state index in [-0.39, 0.29) is 11.3 Å². The third-order valence-electron chi connectivity index (χ3n) is 5.47. The van der Waals surface area contributed by atoms with E-state index in [2.05, 4.69) is 88.7 Å². The second-order valence-corrected chi connectivity index (χ2v) is 9.41. The van der Waals surface area contributed by atoms with Crippen LogP contribution in [0.2, 0.25) is 0 Å². The van der Waals surface area contributed by atoms with E-state index >= 15 is 0 Å². The van der Waals surface area contributed by atoms with Crippen LogP contribution in [-0.4, -0.2) is 39.4 Å².